The normalized spacial score (nSPS) is 11.0. The molecule has 0 aliphatic rings. The monoisotopic (exact) mass is 304 g/mol. The third-order valence-corrected chi connectivity index (χ3v) is 3.59. The molecule has 0 aliphatic heterocycles. The van der Waals surface area contributed by atoms with Gasteiger partial charge in [-0.2, -0.15) is 0 Å². The van der Waals surface area contributed by atoms with Crippen molar-refractivity contribution in [3.63, 3.8) is 0 Å². The molecule has 0 heterocycles. The highest BCUT2D eigenvalue weighted by molar-refractivity contribution is 5.70. The molecule has 0 unspecified atom stereocenters. The zero-order chi connectivity index (χ0) is 16.0. The van der Waals surface area contributed by atoms with Crippen molar-refractivity contribution in [1.82, 2.24) is 0 Å². The largest absolute Gasteiger partial charge is 0.508 e. The van der Waals surface area contributed by atoms with Crippen molar-refractivity contribution in [2.75, 3.05) is 0 Å². The van der Waals surface area contributed by atoms with Crippen LogP contribution >= 0.6 is 0 Å². The average molecular weight is 304 g/mol. The summed E-state index contributed by atoms with van der Waals surface area (Å²) in [6.07, 6.45) is 13.4. The van der Waals surface area contributed by atoms with E-state index in [1.807, 2.05) is 0 Å². The van der Waals surface area contributed by atoms with Crippen molar-refractivity contribution in [1.29, 1.82) is 0 Å². The Morgan fingerprint density at radius 2 is 1.59 bits per heavy atom. The van der Waals surface area contributed by atoms with Gasteiger partial charge >= 0.3 is 5.97 Å². The Kier molecular flexibility index (Phi) is 9.84. The molecule has 0 aliphatic carbocycles. The van der Waals surface area contributed by atoms with Crippen molar-refractivity contribution in [3.05, 3.63) is 36.1 Å². The molecule has 122 valence electrons. The van der Waals surface area contributed by atoms with E-state index >= 15 is 0 Å². The maximum absolute atomic E-state index is 11.5. The molecular weight excluding hydrogens is 276 g/mol. The fourth-order valence-electron chi connectivity index (χ4n) is 2.24. The third kappa shape index (κ3) is 9.22. The average Bonchev–Trinajstić information content (AvgIpc) is 2.52. The predicted molar refractivity (Wildman–Crippen MR) is 90.5 cm³/mol. The van der Waals surface area contributed by atoms with Crippen molar-refractivity contribution in [2.45, 2.75) is 64.7 Å². The van der Waals surface area contributed by atoms with E-state index in [0.717, 1.165) is 18.4 Å². The first-order chi connectivity index (χ1) is 10.7. The summed E-state index contributed by atoms with van der Waals surface area (Å²) in [4.78, 5) is 11.5. The van der Waals surface area contributed by atoms with Crippen LogP contribution in [0.5, 0.6) is 5.75 Å². The van der Waals surface area contributed by atoms with E-state index in [2.05, 4.69) is 6.92 Å². The summed E-state index contributed by atoms with van der Waals surface area (Å²) in [5.74, 6) is 0.0462. The minimum atomic E-state index is -0.180. The molecule has 0 radical (unpaired) electrons. The van der Waals surface area contributed by atoms with Crippen LogP contribution in [-0.4, -0.2) is 11.1 Å². The summed E-state index contributed by atoms with van der Waals surface area (Å²) in [5.41, 5.74) is 0.887. The Labute approximate surface area is 134 Å². The summed E-state index contributed by atoms with van der Waals surface area (Å²) in [5, 5.41) is 9.16. The number of unbranched alkanes of at least 4 members (excludes halogenated alkanes) is 7. The second kappa shape index (κ2) is 11.8. The highest BCUT2D eigenvalue weighted by Gasteiger charge is 2.00. The molecule has 0 fully saturated rings. The zero-order valence-corrected chi connectivity index (χ0v) is 13.6. The molecular formula is C19H28O3. The van der Waals surface area contributed by atoms with Gasteiger partial charge in [-0.1, -0.05) is 64.0 Å². The van der Waals surface area contributed by atoms with E-state index in [1.165, 1.54) is 44.8 Å². The smallest absolute Gasteiger partial charge is 0.310 e. The first-order valence-corrected chi connectivity index (χ1v) is 8.37. The molecule has 0 atom stereocenters. The quantitative estimate of drug-likeness (QED) is 0.336. The molecule has 0 bridgehead atoms. The van der Waals surface area contributed by atoms with Gasteiger partial charge in [0.15, 0.2) is 0 Å². The molecule has 0 saturated heterocycles. The van der Waals surface area contributed by atoms with Crippen molar-refractivity contribution >= 4 is 12.0 Å². The van der Waals surface area contributed by atoms with Gasteiger partial charge in [0, 0.05) is 6.42 Å². The molecule has 3 nitrogen and oxygen atoms in total. The van der Waals surface area contributed by atoms with E-state index in [4.69, 9.17) is 9.84 Å². The molecule has 3 heteroatoms. The summed E-state index contributed by atoms with van der Waals surface area (Å²) in [6, 6.07) is 6.72. The SMILES string of the molecule is CCCCCCCCCCC(=O)OC=Cc1ccc(O)cc1. The second-order valence-corrected chi connectivity index (χ2v) is 5.61. The highest BCUT2D eigenvalue weighted by Crippen LogP contribution is 2.12. The van der Waals surface area contributed by atoms with E-state index in [1.54, 1.807) is 30.3 Å². The van der Waals surface area contributed by atoms with Gasteiger partial charge < -0.3 is 9.84 Å². The number of benzene rings is 1. The summed E-state index contributed by atoms with van der Waals surface area (Å²) < 4.78 is 5.05. The van der Waals surface area contributed by atoms with Gasteiger partial charge in [-0.05, 0) is 30.2 Å². The Hall–Kier alpha value is -1.77. The Morgan fingerprint density at radius 1 is 1.00 bits per heavy atom. The lowest BCUT2D eigenvalue weighted by Gasteiger charge is -2.01. The van der Waals surface area contributed by atoms with Crippen molar-refractivity contribution in [3.8, 4) is 5.75 Å². The number of phenolic OH excluding ortho intramolecular Hbond substituents is 1. The van der Waals surface area contributed by atoms with Gasteiger partial charge in [0.1, 0.15) is 5.75 Å². The molecule has 0 saturated carbocycles. The Bertz CT molecular complexity index is 434. The predicted octanol–water partition coefficient (Wildman–Crippen LogP) is 5.44. The van der Waals surface area contributed by atoms with E-state index in [0.29, 0.717) is 6.42 Å². The lowest BCUT2D eigenvalue weighted by atomic mass is 10.1. The van der Waals surface area contributed by atoms with Crippen LogP contribution in [0.25, 0.3) is 6.08 Å². The number of rotatable bonds is 11. The molecule has 0 spiro atoms. The number of esters is 1. The van der Waals surface area contributed by atoms with Gasteiger partial charge in [0.25, 0.3) is 0 Å². The van der Waals surface area contributed by atoms with Crippen molar-refractivity contribution < 1.29 is 14.6 Å². The first kappa shape index (κ1) is 18.3. The van der Waals surface area contributed by atoms with Gasteiger partial charge in [-0.3, -0.25) is 4.79 Å². The lowest BCUT2D eigenvalue weighted by Crippen LogP contribution is -1.98. The van der Waals surface area contributed by atoms with Gasteiger partial charge in [0.05, 0.1) is 6.26 Å². The summed E-state index contributed by atoms with van der Waals surface area (Å²) in [7, 11) is 0. The molecule has 0 amide bonds. The van der Waals surface area contributed by atoms with Gasteiger partial charge in [0.2, 0.25) is 0 Å². The van der Waals surface area contributed by atoms with Gasteiger partial charge in [-0.15, -0.1) is 0 Å². The first-order valence-electron chi connectivity index (χ1n) is 8.37. The van der Waals surface area contributed by atoms with E-state index in [-0.39, 0.29) is 11.7 Å². The van der Waals surface area contributed by atoms with E-state index in [9.17, 15) is 4.79 Å². The minimum absolute atomic E-state index is 0.180. The number of carbonyl (C=O) groups excluding carboxylic acids is 1. The van der Waals surface area contributed by atoms with E-state index < -0.39 is 0 Å². The van der Waals surface area contributed by atoms with Crippen LogP contribution in [0.15, 0.2) is 30.5 Å². The van der Waals surface area contributed by atoms with Crippen LogP contribution in [-0.2, 0) is 9.53 Å². The fraction of sp³-hybridized carbons (Fsp3) is 0.526. The van der Waals surface area contributed by atoms with Crippen LogP contribution < -0.4 is 0 Å². The maximum Gasteiger partial charge on any atom is 0.310 e. The zero-order valence-electron chi connectivity index (χ0n) is 13.6. The van der Waals surface area contributed by atoms with Gasteiger partial charge in [-0.25, -0.2) is 0 Å². The molecule has 1 N–H and O–H groups in total. The standard InChI is InChI=1S/C19H28O3/c1-2-3-4-5-6-7-8-9-10-19(21)22-16-15-17-11-13-18(20)14-12-17/h11-16,20H,2-10H2,1H3. The molecule has 1 aromatic carbocycles. The fourth-order valence-corrected chi connectivity index (χ4v) is 2.24. The molecule has 1 aromatic rings. The number of hydrogen-bond acceptors (Lipinski definition) is 3. The number of phenols is 1. The van der Waals surface area contributed by atoms with Crippen molar-refractivity contribution in [2.24, 2.45) is 0 Å². The number of carbonyl (C=O) groups is 1. The highest BCUT2D eigenvalue weighted by atomic mass is 16.5. The number of ether oxygens (including phenoxy) is 1. The topological polar surface area (TPSA) is 46.5 Å². The maximum atomic E-state index is 11.5. The lowest BCUT2D eigenvalue weighted by molar-refractivity contribution is -0.138. The molecule has 1 rings (SSSR count). The van der Waals surface area contributed by atoms with Crippen LogP contribution in [0.2, 0.25) is 0 Å². The Balaban J connectivity index is 2.02. The van der Waals surface area contributed by atoms with Crippen LogP contribution in [0, 0.1) is 0 Å². The third-order valence-electron chi connectivity index (χ3n) is 3.59. The minimum Gasteiger partial charge on any atom is -0.508 e. The summed E-state index contributed by atoms with van der Waals surface area (Å²) in [6.45, 7) is 2.22. The number of hydrogen-bond donors (Lipinski definition) is 1. The Morgan fingerprint density at radius 3 is 2.23 bits per heavy atom. The number of aromatic hydroxyl groups is 1. The summed E-state index contributed by atoms with van der Waals surface area (Å²) >= 11 is 0. The second-order valence-electron chi connectivity index (χ2n) is 5.61. The van der Waals surface area contributed by atoms with Crippen LogP contribution in [0.1, 0.15) is 70.3 Å². The van der Waals surface area contributed by atoms with Crippen LogP contribution in [0.4, 0.5) is 0 Å². The molecule has 0 aromatic heterocycles. The van der Waals surface area contributed by atoms with Crippen LogP contribution in [0.3, 0.4) is 0 Å². The molecule has 22 heavy (non-hydrogen) atoms.